The van der Waals surface area contributed by atoms with Crippen molar-refractivity contribution < 1.29 is 13.2 Å². The van der Waals surface area contributed by atoms with Crippen LogP contribution in [0, 0.1) is 0 Å². The van der Waals surface area contributed by atoms with Crippen LogP contribution in [0.3, 0.4) is 0 Å². The van der Waals surface area contributed by atoms with E-state index in [4.69, 9.17) is 9.72 Å². The van der Waals surface area contributed by atoms with E-state index in [0.29, 0.717) is 6.42 Å². The van der Waals surface area contributed by atoms with Crippen molar-refractivity contribution in [3.63, 3.8) is 0 Å². The second-order valence-corrected chi connectivity index (χ2v) is 9.41. The molecule has 1 unspecified atom stereocenters. The van der Waals surface area contributed by atoms with Crippen LogP contribution in [-0.4, -0.2) is 32.8 Å². The Labute approximate surface area is 163 Å². The molecule has 0 spiro atoms. The Kier molecular flexibility index (Phi) is 4.44. The Hall–Kier alpha value is -2.38. The lowest BCUT2D eigenvalue weighted by Gasteiger charge is -2.21. The number of fused-ring (bicyclic) bond motifs is 1. The average Bonchev–Trinajstić information content (AvgIpc) is 3.24. The van der Waals surface area contributed by atoms with E-state index in [2.05, 4.69) is 6.07 Å². The molecule has 1 aliphatic rings. The second-order valence-electron chi connectivity index (χ2n) is 6.69. The number of hydrogen-bond donors (Lipinski definition) is 0. The molecule has 0 saturated carbocycles. The molecule has 0 amide bonds. The minimum atomic E-state index is -3.28. The standard InChI is InChI=1S/C20H20N2O3S2/c1-13-10-15-11-14(8-9-18(15)22(13)27(3,23)24)17-12-26-20(21-17)16-6-4-5-7-19(16)25-2/h4-9,11-13H,10H2,1-3H3. The van der Waals surface area contributed by atoms with E-state index in [1.165, 1.54) is 10.6 Å². The van der Waals surface area contributed by atoms with Crippen molar-refractivity contribution in [1.29, 1.82) is 0 Å². The van der Waals surface area contributed by atoms with Crippen molar-refractivity contribution in [3.8, 4) is 27.6 Å². The first kappa shape index (κ1) is 18.0. The molecule has 0 radical (unpaired) electrons. The minimum absolute atomic E-state index is 0.0650. The van der Waals surface area contributed by atoms with Crippen LogP contribution < -0.4 is 9.04 Å². The second kappa shape index (κ2) is 6.65. The van der Waals surface area contributed by atoms with Crippen molar-refractivity contribution in [2.45, 2.75) is 19.4 Å². The SMILES string of the molecule is COc1ccccc1-c1nc(-c2ccc3c(c2)CC(C)N3S(C)(=O)=O)cs1. The zero-order chi connectivity index (χ0) is 19.2. The van der Waals surface area contributed by atoms with Crippen molar-refractivity contribution in [3.05, 3.63) is 53.4 Å². The fraction of sp³-hybridized carbons (Fsp3) is 0.250. The molecule has 140 valence electrons. The maximum atomic E-state index is 12.1. The summed E-state index contributed by atoms with van der Waals surface area (Å²) in [5.41, 5.74) is 4.66. The van der Waals surface area contributed by atoms with Crippen LogP contribution in [0.4, 0.5) is 5.69 Å². The minimum Gasteiger partial charge on any atom is -0.496 e. The van der Waals surface area contributed by atoms with Gasteiger partial charge in [0, 0.05) is 17.0 Å². The zero-order valence-electron chi connectivity index (χ0n) is 15.3. The van der Waals surface area contributed by atoms with Gasteiger partial charge < -0.3 is 4.74 Å². The summed E-state index contributed by atoms with van der Waals surface area (Å²) in [7, 11) is -1.62. The third-order valence-corrected chi connectivity index (χ3v) is 6.87. The van der Waals surface area contributed by atoms with E-state index in [9.17, 15) is 8.42 Å². The van der Waals surface area contributed by atoms with Crippen LogP contribution in [0.1, 0.15) is 12.5 Å². The number of thiazole rings is 1. The highest BCUT2D eigenvalue weighted by Gasteiger charge is 2.32. The van der Waals surface area contributed by atoms with Crippen LogP contribution >= 0.6 is 11.3 Å². The quantitative estimate of drug-likeness (QED) is 0.659. The Morgan fingerprint density at radius 3 is 2.74 bits per heavy atom. The molecule has 0 N–H and O–H groups in total. The topological polar surface area (TPSA) is 59.5 Å². The number of aromatic nitrogens is 1. The molecule has 27 heavy (non-hydrogen) atoms. The molecule has 2 aromatic carbocycles. The fourth-order valence-corrected chi connectivity index (χ4v) is 5.74. The normalized spacial score (nSPS) is 16.4. The molecule has 7 heteroatoms. The summed E-state index contributed by atoms with van der Waals surface area (Å²) in [5.74, 6) is 0.796. The van der Waals surface area contributed by atoms with Crippen molar-refractivity contribution in [2.24, 2.45) is 0 Å². The summed E-state index contributed by atoms with van der Waals surface area (Å²) in [6.45, 7) is 1.93. The van der Waals surface area contributed by atoms with Gasteiger partial charge in [-0.1, -0.05) is 18.2 Å². The predicted octanol–water partition coefficient (Wildman–Crippen LogP) is 4.20. The number of hydrogen-bond acceptors (Lipinski definition) is 5. The molecular formula is C20H20N2O3S2. The number of benzene rings is 2. The molecule has 2 heterocycles. The largest absolute Gasteiger partial charge is 0.496 e. The highest BCUT2D eigenvalue weighted by atomic mass is 32.2. The highest BCUT2D eigenvalue weighted by molar-refractivity contribution is 7.92. The van der Waals surface area contributed by atoms with Gasteiger partial charge in [-0.3, -0.25) is 4.31 Å². The molecule has 1 atom stereocenters. The third kappa shape index (κ3) is 3.21. The van der Waals surface area contributed by atoms with E-state index in [-0.39, 0.29) is 6.04 Å². The van der Waals surface area contributed by atoms with Crippen LogP contribution in [-0.2, 0) is 16.4 Å². The number of methoxy groups -OCH3 is 1. The Bertz CT molecular complexity index is 1110. The van der Waals surface area contributed by atoms with E-state index in [1.54, 1.807) is 18.4 Å². The number of rotatable bonds is 4. The van der Waals surface area contributed by atoms with Gasteiger partial charge >= 0.3 is 0 Å². The lowest BCUT2D eigenvalue weighted by Crippen LogP contribution is -2.34. The average molecular weight is 401 g/mol. The number of ether oxygens (including phenoxy) is 1. The van der Waals surface area contributed by atoms with Gasteiger partial charge in [0.25, 0.3) is 0 Å². The molecule has 0 aliphatic carbocycles. The van der Waals surface area contributed by atoms with Crippen LogP contribution in [0.2, 0.25) is 0 Å². The number of para-hydroxylation sites is 1. The van der Waals surface area contributed by atoms with Gasteiger partial charge in [0.15, 0.2) is 0 Å². The van der Waals surface area contributed by atoms with Gasteiger partial charge in [0.2, 0.25) is 10.0 Å². The van der Waals surface area contributed by atoms with Gasteiger partial charge in [-0.2, -0.15) is 0 Å². The maximum Gasteiger partial charge on any atom is 0.232 e. The van der Waals surface area contributed by atoms with Gasteiger partial charge in [-0.25, -0.2) is 13.4 Å². The van der Waals surface area contributed by atoms with E-state index >= 15 is 0 Å². The van der Waals surface area contributed by atoms with Gasteiger partial charge in [-0.15, -0.1) is 11.3 Å². The van der Waals surface area contributed by atoms with E-state index in [0.717, 1.165) is 38.8 Å². The Morgan fingerprint density at radius 1 is 1.22 bits per heavy atom. The van der Waals surface area contributed by atoms with Gasteiger partial charge in [-0.05, 0) is 43.2 Å². The lowest BCUT2D eigenvalue weighted by atomic mass is 10.1. The third-order valence-electron chi connectivity index (χ3n) is 4.73. The lowest BCUT2D eigenvalue weighted by molar-refractivity contribution is 0.416. The highest BCUT2D eigenvalue weighted by Crippen LogP contribution is 2.38. The van der Waals surface area contributed by atoms with Crippen LogP contribution in [0.5, 0.6) is 5.75 Å². The van der Waals surface area contributed by atoms with Crippen molar-refractivity contribution in [2.75, 3.05) is 17.7 Å². The zero-order valence-corrected chi connectivity index (χ0v) is 17.0. The van der Waals surface area contributed by atoms with E-state index < -0.39 is 10.0 Å². The summed E-state index contributed by atoms with van der Waals surface area (Å²) < 4.78 is 31.1. The Morgan fingerprint density at radius 2 is 2.00 bits per heavy atom. The first-order valence-corrected chi connectivity index (χ1v) is 11.3. The van der Waals surface area contributed by atoms with E-state index in [1.807, 2.05) is 48.7 Å². The Balaban J connectivity index is 1.71. The molecule has 0 fully saturated rings. The molecule has 0 saturated heterocycles. The van der Waals surface area contributed by atoms with Gasteiger partial charge in [0.05, 0.1) is 30.3 Å². The molecular weight excluding hydrogens is 380 g/mol. The molecule has 4 rings (SSSR count). The molecule has 1 aliphatic heterocycles. The number of sulfonamides is 1. The monoisotopic (exact) mass is 400 g/mol. The molecule has 3 aromatic rings. The molecule has 0 bridgehead atoms. The smallest absolute Gasteiger partial charge is 0.232 e. The van der Waals surface area contributed by atoms with Crippen LogP contribution in [0.25, 0.3) is 21.8 Å². The fourth-order valence-electron chi connectivity index (χ4n) is 3.62. The first-order chi connectivity index (χ1) is 12.9. The summed E-state index contributed by atoms with van der Waals surface area (Å²) in [5, 5.41) is 2.92. The summed E-state index contributed by atoms with van der Waals surface area (Å²) in [6.07, 6.45) is 1.96. The summed E-state index contributed by atoms with van der Waals surface area (Å²) in [4.78, 5) is 4.78. The maximum absolute atomic E-state index is 12.1. The van der Waals surface area contributed by atoms with Gasteiger partial charge in [0.1, 0.15) is 10.8 Å². The molecule has 1 aromatic heterocycles. The first-order valence-electron chi connectivity index (χ1n) is 8.60. The van der Waals surface area contributed by atoms with Crippen LogP contribution in [0.15, 0.2) is 47.8 Å². The summed E-state index contributed by atoms with van der Waals surface area (Å²) in [6, 6.07) is 13.6. The molecule has 5 nitrogen and oxygen atoms in total. The predicted molar refractivity (Wildman–Crippen MR) is 110 cm³/mol. The van der Waals surface area contributed by atoms with Crippen molar-refractivity contribution >= 4 is 27.0 Å². The van der Waals surface area contributed by atoms with Crippen molar-refractivity contribution in [1.82, 2.24) is 4.98 Å². The number of anilines is 1. The summed E-state index contributed by atoms with van der Waals surface area (Å²) >= 11 is 1.57. The number of nitrogens with zero attached hydrogens (tertiary/aromatic N) is 2.